The molecule has 1 saturated carbocycles. The summed E-state index contributed by atoms with van der Waals surface area (Å²) in [5, 5.41) is 17.0. The van der Waals surface area contributed by atoms with E-state index in [1.54, 1.807) is 4.68 Å². The van der Waals surface area contributed by atoms with Crippen molar-refractivity contribution in [3.05, 3.63) is 41.2 Å². The monoisotopic (exact) mass is 243 g/mol. The van der Waals surface area contributed by atoms with Crippen molar-refractivity contribution in [2.75, 3.05) is 0 Å². The van der Waals surface area contributed by atoms with Crippen LogP contribution in [0, 0.1) is 6.92 Å². The number of hydrogen-bond acceptors (Lipinski definition) is 3. The Labute approximate surface area is 104 Å². The lowest BCUT2D eigenvalue weighted by molar-refractivity contribution is 0.0689. The van der Waals surface area contributed by atoms with Gasteiger partial charge in [-0.25, -0.2) is 9.48 Å². The quantitative estimate of drug-likeness (QED) is 0.896. The Balaban J connectivity index is 2.18. The summed E-state index contributed by atoms with van der Waals surface area (Å²) >= 11 is 0. The minimum atomic E-state index is -1.00. The summed E-state index contributed by atoms with van der Waals surface area (Å²) in [6.45, 7) is 1.98. The van der Waals surface area contributed by atoms with Gasteiger partial charge >= 0.3 is 5.97 Å². The van der Waals surface area contributed by atoms with Crippen LogP contribution < -0.4 is 0 Å². The van der Waals surface area contributed by atoms with Crippen molar-refractivity contribution in [3.8, 4) is 5.69 Å². The fraction of sp³-hybridized carbons (Fsp3) is 0.308. The highest BCUT2D eigenvalue weighted by Gasteiger charge is 2.34. The van der Waals surface area contributed by atoms with Crippen LogP contribution in [0.25, 0.3) is 5.69 Å². The van der Waals surface area contributed by atoms with E-state index in [0.29, 0.717) is 0 Å². The summed E-state index contributed by atoms with van der Waals surface area (Å²) in [4.78, 5) is 11.2. The number of carbonyl (C=O) groups is 1. The first-order chi connectivity index (χ1) is 8.68. The molecule has 2 aromatic rings. The van der Waals surface area contributed by atoms with E-state index in [-0.39, 0.29) is 11.6 Å². The van der Waals surface area contributed by atoms with Crippen LogP contribution in [0.5, 0.6) is 0 Å². The van der Waals surface area contributed by atoms with Gasteiger partial charge in [0.05, 0.1) is 11.4 Å². The Hall–Kier alpha value is -2.17. The fourth-order valence-electron chi connectivity index (χ4n) is 2.14. The van der Waals surface area contributed by atoms with Crippen molar-refractivity contribution in [3.63, 3.8) is 0 Å². The Morgan fingerprint density at radius 2 is 2.11 bits per heavy atom. The molecule has 1 N–H and O–H groups in total. The van der Waals surface area contributed by atoms with E-state index in [1.807, 2.05) is 31.2 Å². The zero-order valence-electron chi connectivity index (χ0n) is 10.00. The van der Waals surface area contributed by atoms with Gasteiger partial charge in [-0.2, -0.15) is 0 Å². The molecule has 0 bridgehead atoms. The summed E-state index contributed by atoms with van der Waals surface area (Å²) in [6.07, 6.45) is 2.03. The molecule has 92 valence electrons. The molecule has 0 aliphatic heterocycles. The average Bonchev–Trinajstić information content (AvgIpc) is 3.09. The van der Waals surface area contributed by atoms with Gasteiger partial charge in [-0.05, 0) is 31.4 Å². The van der Waals surface area contributed by atoms with Gasteiger partial charge in [0.2, 0.25) is 0 Å². The molecule has 0 atom stereocenters. The summed E-state index contributed by atoms with van der Waals surface area (Å²) in [5.41, 5.74) is 2.78. The van der Waals surface area contributed by atoms with Crippen molar-refractivity contribution in [2.24, 2.45) is 0 Å². The van der Waals surface area contributed by atoms with E-state index in [9.17, 15) is 4.79 Å². The lowest BCUT2D eigenvalue weighted by Gasteiger charge is -2.08. The molecule has 1 aromatic heterocycles. The number of aromatic carboxylic acids is 1. The lowest BCUT2D eigenvalue weighted by atomic mass is 10.1. The fourth-order valence-corrected chi connectivity index (χ4v) is 2.14. The molecule has 1 fully saturated rings. The molecular formula is C13H13N3O2. The third-order valence-corrected chi connectivity index (χ3v) is 3.22. The second-order valence-corrected chi connectivity index (χ2v) is 4.60. The predicted molar refractivity (Wildman–Crippen MR) is 65.0 cm³/mol. The zero-order valence-corrected chi connectivity index (χ0v) is 10.00. The van der Waals surface area contributed by atoms with Crippen LogP contribution in [0.2, 0.25) is 0 Å². The van der Waals surface area contributed by atoms with E-state index in [4.69, 9.17) is 5.11 Å². The van der Waals surface area contributed by atoms with Crippen LogP contribution in [-0.4, -0.2) is 26.1 Å². The normalized spacial score (nSPS) is 14.7. The molecule has 5 nitrogen and oxygen atoms in total. The molecule has 1 aliphatic rings. The van der Waals surface area contributed by atoms with Crippen LogP contribution in [0.15, 0.2) is 24.3 Å². The van der Waals surface area contributed by atoms with Crippen LogP contribution in [0.4, 0.5) is 0 Å². The molecule has 5 heteroatoms. The second kappa shape index (κ2) is 3.94. The molecule has 0 spiro atoms. The standard InChI is InChI=1S/C13H13N3O2/c1-8-4-2-3-5-10(8)16-12(9-6-7-9)11(13(17)18)14-15-16/h2-5,9H,6-7H2,1H3,(H,17,18). The summed E-state index contributed by atoms with van der Waals surface area (Å²) in [7, 11) is 0. The summed E-state index contributed by atoms with van der Waals surface area (Å²) in [5.74, 6) is -0.720. The number of aryl methyl sites for hydroxylation is 1. The molecule has 0 saturated heterocycles. The van der Waals surface area contributed by atoms with E-state index < -0.39 is 5.97 Å². The minimum absolute atomic E-state index is 0.0840. The first-order valence-corrected chi connectivity index (χ1v) is 5.93. The molecule has 3 rings (SSSR count). The number of aromatic nitrogens is 3. The summed E-state index contributed by atoms with van der Waals surface area (Å²) in [6, 6.07) is 7.78. The molecule has 18 heavy (non-hydrogen) atoms. The number of hydrogen-bond donors (Lipinski definition) is 1. The third kappa shape index (κ3) is 1.68. The highest BCUT2D eigenvalue weighted by molar-refractivity contribution is 5.87. The second-order valence-electron chi connectivity index (χ2n) is 4.60. The van der Waals surface area contributed by atoms with Gasteiger partial charge in [0.15, 0.2) is 5.69 Å². The van der Waals surface area contributed by atoms with Crippen LogP contribution >= 0.6 is 0 Å². The lowest BCUT2D eigenvalue weighted by Crippen LogP contribution is -2.06. The number of benzene rings is 1. The number of rotatable bonds is 3. The highest BCUT2D eigenvalue weighted by Crippen LogP contribution is 2.42. The number of para-hydroxylation sites is 1. The van der Waals surface area contributed by atoms with Crippen molar-refractivity contribution >= 4 is 5.97 Å². The van der Waals surface area contributed by atoms with Gasteiger partial charge < -0.3 is 5.11 Å². The zero-order chi connectivity index (χ0) is 12.7. The molecule has 1 heterocycles. The van der Waals surface area contributed by atoms with Crippen LogP contribution in [0.1, 0.15) is 40.5 Å². The predicted octanol–water partition coefficient (Wildman–Crippen LogP) is 2.15. The van der Waals surface area contributed by atoms with E-state index >= 15 is 0 Å². The highest BCUT2D eigenvalue weighted by atomic mass is 16.4. The van der Waals surface area contributed by atoms with Gasteiger partial charge in [-0.1, -0.05) is 23.4 Å². The van der Waals surface area contributed by atoms with Crippen LogP contribution in [0.3, 0.4) is 0 Å². The van der Waals surface area contributed by atoms with E-state index in [2.05, 4.69) is 10.3 Å². The van der Waals surface area contributed by atoms with Crippen LogP contribution in [-0.2, 0) is 0 Å². The smallest absolute Gasteiger partial charge is 0.358 e. The van der Waals surface area contributed by atoms with Gasteiger partial charge in [0.1, 0.15) is 0 Å². The van der Waals surface area contributed by atoms with Gasteiger partial charge in [0.25, 0.3) is 0 Å². The molecule has 0 unspecified atom stereocenters. The molecular weight excluding hydrogens is 230 g/mol. The van der Waals surface area contributed by atoms with Crippen molar-refractivity contribution in [1.29, 1.82) is 0 Å². The maximum absolute atomic E-state index is 11.2. The van der Waals surface area contributed by atoms with E-state index in [1.165, 1.54) is 0 Å². The number of carboxylic acids is 1. The maximum atomic E-state index is 11.2. The Morgan fingerprint density at radius 1 is 1.39 bits per heavy atom. The molecule has 0 radical (unpaired) electrons. The number of nitrogens with zero attached hydrogens (tertiary/aromatic N) is 3. The number of carboxylic acid groups (broad SMARTS) is 1. The van der Waals surface area contributed by atoms with Gasteiger partial charge in [0, 0.05) is 5.92 Å². The SMILES string of the molecule is Cc1ccccc1-n1nnc(C(=O)O)c1C1CC1. The third-order valence-electron chi connectivity index (χ3n) is 3.22. The van der Waals surface area contributed by atoms with Crippen molar-refractivity contribution in [2.45, 2.75) is 25.7 Å². The molecule has 1 aromatic carbocycles. The van der Waals surface area contributed by atoms with Gasteiger partial charge in [-0.15, -0.1) is 5.10 Å². The van der Waals surface area contributed by atoms with Crippen molar-refractivity contribution in [1.82, 2.24) is 15.0 Å². The topological polar surface area (TPSA) is 68.0 Å². The largest absolute Gasteiger partial charge is 0.476 e. The van der Waals surface area contributed by atoms with Gasteiger partial charge in [-0.3, -0.25) is 0 Å². The minimum Gasteiger partial charge on any atom is -0.476 e. The maximum Gasteiger partial charge on any atom is 0.358 e. The average molecular weight is 243 g/mol. The first kappa shape index (κ1) is 11.0. The summed E-state index contributed by atoms with van der Waals surface area (Å²) < 4.78 is 1.68. The molecule has 0 amide bonds. The van der Waals surface area contributed by atoms with E-state index in [0.717, 1.165) is 29.8 Å². The first-order valence-electron chi connectivity index (χ1n) is 5.93. The Morgan fingerprint density at radius 3 is 2.72 bits per heavy atom. The molecule has 1 aliphatic carbocycles. The van der Waals surface area contributed by atoms with Crippen molar-refractivity contribution < 1.29 is 9.90 Å². The Bertz CT molecular complexity index is 614. The Kier molecular flexibility index (Phi) is 2.40.